The van der Waals surface area contributed by atoms with Crippen LogP contribution in [0.25, 0.3) is 0 Å². The molecular formula is C18H18ClF3N4O2S. The number of benzene rings is 1. The SMILES string of the molecule is CN(C)C1C2CC1N(c1cc(F)c(S(=O)(=O)Nc3cccc(F)n3)c(F)c1Cl)C2. The molecule has 2 aliphatic heterocycles. The summed E-state index contributed by atoms with van der Waals surface area (Å²) in [5.74, 6) is -3.66. The molecule has 1 saturated carbocycles. The fourth-order valence-electron chi connectivity index (χ4n) is 4.31. The minimum absolute atomic E-state index is 0.0587. The lowest BCUT2D eigenvalue weighted by Crippen LogP contribution is -2.52. The van der Waals surface area contributed by atoms with Crippen LogP contribution in [0.1, 0.15) is 6.42 Å². The van der Waals surface area contributed by atoms with Crippen molar-refractivity contribution in [2.45, 2.75) is 23.4 Å². The highest BCUT2D eigenvalue weighted by atomic mass is 35.5. The molecule has 0 spiro atoms. The molecule has 5 rings (SSSR count). The summed E-state index contributed by atoms with van der Waals surface area (Å²) >= 11 is 6.13. The van der Waals surface area contributed by atoms with Gasteiger partial charge in [0.1, 0.15) is 16.7 Å². The van der Waals surface area contributed by atoms with Crippen LogP contribution in [0, 0.1) is 23.5 Å². The van der Waals surface area contributed by atoms with E-state index < -0.39 is 43.3 Å². The lowest BCUT2D eigenvalue weighted by Gasteiger charge is -2.41. The number of aromatic nitrogens is 1. The van der Waals surface area contributed by atoms with E-state index in [1.165, 1.54) is 6.07 Å². The molecule has 1 aromatic heterocycles. The molecule has 2 saturated heterocycles. The van der Waals surface area contributed by atoms with Crippen LogP contribution in [0.4, 0.5) is 24.7 Å². The minimum atomic E-state index is -4.72. The number of hydrogen-bond donors (Lipinski definition) is 1. The van der Waals surface area contributed by atoms with Gasteiger partial charge in [-0.1, -0.05) is 17.7 Å². The fourth-order valence-corrected chi connectivity index (χ4v) is 5.77. The van der Waals surface area contributed by atoms with Gasteiger partial charge in [0.05, 0.1) is 5.69 Å². The number of rotatable bonds is 5. The summed E-state index contributed by atoms with van der Waals surface area (Å²) in [6.07, 6.45) is 0.884. The molecule has 6 nitrogen and oxygen atoms in total. The van der Waals surface area contributed by atoms with Crippen molar-refractivity contribution in [1.29, 1.82) is 0 Å². The van der Waals surface area contributed by atoms with Crippen LogP contribution in [-0.2, 0) is 10.0 Å². The highest BCUT2D eigenvalue weighted by Gasteiger charge is 2.53. The lowest BCUT2D eigenvalue weighted by atomic mass is 9.79. The zero-order valence-electron chi connectivity index (χ0n) is 15.5. The Kier molecular flexibility index (Phi) is 4.91. The Morgan fingerprint density at radius 3 is 2.62 bits per heavy atom. The Bertz CT molecular complexity index is 1080. The van der Waals surface area contributed by atoms with Crippen LogP contribution in [0.5, 0.6) is 0 Å². The Labute approximate surface area is 171 Å². The first-order valence-corrected chi connectivity index (χ1v) is 10.7. The zero-order valence-corrected chi connectivity index (χ0v) is 17.1. The number of hydrogen-bond acceptors (Lipinski definition) is 5. The van der Waals surface area contributed by atoms with Gasteiger partial charge in [-0.2, -0.15) is 4.39 Å². The molecular weight excluding hydrogens is 429 g/mol. The van der Waals surface area contributed by atoms with Gasteiger partial charge in [-0.05, 0) is 38.6 Å². The van der Waals surface area contributed by atoms with Gasteiger partial charge in [-0.25, -0.2) is 22.2 Å². The maximum Gasteiger partial charge on any atom is 0.268 e. The van der Waals surface area contributed by atoms with Gasteiger partial charge < -0.3 is 9.80 Å². The predicted octanol–water partition coefficient (Wildman–Crippen LogP) is 3.09. The van der Waals surface area contributed by atoms with Crippen molar-refractivity contribution < 1.29 is 21.6 Å². The van der Waals surface area contributed by atoms with Crippen molar-refractivity contribution >= 4 is 33.1 Å². The second-order valence-corrected chi connectivity index (χ2v) is 9.45. The zero-order chi connectivity index (χ0) is 21.1. The molecule has 156 valence electrons. The number of nitrogens with zero attached hydrogens (tertiary/aromatic N) is 3. The molecule has 3 fully saturated rings. The second-order valence-electron chi connectivity index (χ2n) is 7.46. The molecule has 29 heavy (non-hydrogen) atoms. The maximum atomic E-state index is 14.9. The molecule has 1 N–H and O–H groups in total. The van der Waals surface area contributed by atoms with Crippen LogP contribution in [0.2, 0.25) is 5.02 Å². The normalized spacial score (nSPS) is 23.4. The van der Waals surface area contributed by atoms with Gasteiger partial charge in [0, 0.05) is 24.7 Å². The molecule has 2 bridgehead atoms. The van der Waals surface area contributed by atoms with Gasteiger partial charge >= 0.3 is 0 Å². The summed E-state index contributed by atoms with van der Waals surface area (Å²) < 4.78 is 69.8. The molecule has 0 radical (unpaired) electrons. The fraction of sp³-hybridized carbons (Fsp3) is 0.389. The third-order valence-corrected chi connectivity index (χ3v) is 7.23. The molecule has 0 amide bonds. The van der Waals surface area contributed by atoms with Crippen LogP contribution < -0.4 is 9.62 Å². The van der Waals surface area contributed by atoms with E-state index in [4.69, 9.17) is 11.6 Å². The Morgan fingerprint density at radius 2 is 2.00 bits per heavy atom. The van der Waals surface area contributed by atoms with E-state index in [2.05, 4.69) is 9.88 Å². The van der Waals surface area contributed by atoms with Crippen LogP contribution in [-0.4, -0.2) is 51.0 Å². The van der Waals surface area contributed by atoms with Crippen LogP contribution in [0.3, 0.4) is 0 Å². The molecule has 1 aliphatic carbocycles. The standard InChI is InChI=1S/C18H18ClF3N4O2S/c1-25(2)17-9-6-12(17)26(8-9)11-7-10(20)18(16(22)15(11)19)29(27,28)24-14-5-3-4-13(21)23-14/h3-5,7,9,12,17H,6,8H2,1-2H3,(H,23,24). The average Bonchev–Trinajstić information content (AvgIpc) is 3.16. The quantitative estimate of drug-likeness (QED) is 0.565. The molecule has 11 heteroatoms. The number of fused-ring (bicyclic) bond motifs is 1. The summed E-state index contributed by atoms with van der Waals surface area (Å²) in [5.41, 5.74) is 0.126. The second kappa shape index (κ2) is 7.03. The Morgan fingerprint density at radius 1 is 1.28 bits per heavy atom. The van der Waals surface area contributed by atoms with Crippen LogP contribution in [0.15, 0.2) is 29.2 Å². The number of anilines is 2. The Balaban J connectivity index is 1.69. The largest absolute Gasteiger partial charge is 0.365 e. The summed E-state index contributed by atoms with van der Waals surface area (Å²) in [6, 6.07) is 4.62. The number of sulfonamides is 1. The van der Waals surface area contributed by atoms with Gasteiger partial charge in [0.15, 0.2) is 10.7 Å². The number of halogens is 4. The third kappa shape index (κ3) is 3.32. The van der Waals surface area contributed by atoms with E-state index in [0.717, 1.165) is 24.6 Å². The van der Waals surface area contributed by atoms with Gasteiger partial charge in [0.25, 0.3) is 10.0 Å². The lowest BCUT2D eigenvalue weighted by molar-refractivity contribution is 0.137. The summed E-state index contributed by atoms with van der Waals surface area (Å²) in [5, 5.41) is -0.468. The van der Waals surface area contributed by atoms with Gasteiger partial charge in [-0.3, -0.25) is 4.72 Å². The monoisotopic (exact) mass is 446 g/mol. The molecule has 3 unspecified atom stereocenters. The number of likely N-dealkylation sites (N-methyl/N-ethyl adjacent to an activating group) is 1. The first-order chi connectivity index (χ1) is 13.6. The van der Waals surface area contributed by atoms with Crippen molar-refractivity contribution in [1.82, 2.24) is 9.88 Å². The number of nitrogens with one attached hydrogen (secondary N) is 1. The predicted molar refractivity (Wildman–Crippen MR) is 103 cm³/mol. The molecule has 3 heterocycles. The van der Waals surface area contributed by atoms with Gasteiger partial charge in [-0.15, -0.1) is 0 Å². The van der Waals surface area contributed by atoms with Crippen molar-refractivity contribution in [3.63, 3.8) is 0 Å². The van der Waals surface area contributed by atoms with E-state index in [-0.39, 0.29) is 17.8 Å². The van der Waals surface area contributed by atoms with Crippen molar-refractivity contribution in [3.8, 4) is 0 Å². The van der Waals surface area contributed by atoms with E-state index >= 15 is 0 Å². The van der Waals surface area contributed by atoms with E-state index in [9.17, 15) is 21.6 Å². The average molecular weight is 447 g/mol. The van der Waals surface area contributed by atoms with Gasteiger partial charge in [0.2, 0.25) is 5.95 Å². The molecule has 1 aromatic carbocycles. The molecule has 3 atom stereocenters. The first kappa shape index (κ1) is 20.2. The third-order valence-electron chi connectivity index (χ3n) is 5.48. The molecule has 2 aromatic rings. The Hall–Kier alpha value is -2.04. The number of pyridine rings is 1. The first-order valence-electron chi connectivity index (χ1n) is 8.86. The summed E-state index contributed by atoms with van der Waals surface area (Å²) in [7, 11) is -0.837. The smallest absolute Gasteiger partial charge is 0.268 e. The summed E-state index contributed by atoms with van der Waals surface area (Å²) in [6.45, 7) is 0.587. The van der Waals surface area contributed by atoms with Crippen molar-refractivity contribution in [2.24, 2.45) is 5.92 Å². The summed E-state index contributed by atoms with van der Waals surface area (Å²) in [4.78, 5) is 5.99. The topological polar surface area (TPSA) is 65.5 Å². The maximum absolute atomic E-state index is 14.9. The van der Waals surface area contributed by atoms with E-state index in [1.807, 2.05) is 23.7 Å². The van der Waals surface area contributed by atoms with Crippen molar-refractivity contribution in [2.75, 3.05) is 30.3 Å². The van der Waals surface area contributed by atoms with Crippen LogP contribution >= 0.6 is 11.6 Å². The van der Waals surface area contributed by atoms with E-state index in [1.54, 1.807) is 0 Å². The van der Waals surface area contributed by atoms with E-state index in [0.29, 0.717) is 12.5 Å². The highest BCUT2D eigenvalue weighted by molar-refractivity contribution is 7.92. The molecule has 3 aliphatic rings. The highest BCUT2D eigenvalue weighted by Crippen LogP contribution is 2.48. The minimum Gasteiger partial charge on any atom is -0.365 e. The van der Waals surface area contributed by atoms with Crippen molar-refractivity contribution in [3.05, 3.63) is 46.9 Å².